The minimum atomic E-state index is -0.617. The van der Waals surface area contributed by atoms with Crippen molar-refractivity contribution in [2.45, 2.75) is 18.9 Å². The molecule has 0 aromatic heterocycles. The maximum atomic E-state index is 11.2. The van der Waals surface area contributed by atoms with Crippen LogP contribution in [0.1, 0.15) is 23.2 Å². The summed E-state index contributed by atoms with van der Waals surface area (Å²) in [4.78, 5) is 23.5. The first-order chi connectivity index (χ1) is 8.99. The van der Waals surface area contributed by atoms with Crippen molar-refractivity contribution < 1.29 is 14.8 Å². The van der Waals surface area contributed by atoms with Crippen LogP contribution in [0.2, 0.25) is 0 Å². The number of nitro groups is 1. The molecule has 0 radical (unpaired) electrons. The van der Waals surface area contributed by atoms with Crippen molar-refractivity contribution in [3.05, 3.63) is 33.9 Å². The van der Waals surface area contributed by atoms with Gasteiger partial charge < -0.3 is 15.7 Å². The van der Waals surface area contributed by atoms with E-state index >= 15 is 0 Å². The largest absolute Gasteiger partial charge is 0.393 e. The number of carbonyl (C=O) groups is 1. The Morgan fingerprint density at radius 1 is 1.42 bits per heavy atom. The van der Waals surface area contributed by atoms with E-state index in [-0.39, 0.29) is 17.4 Å². The topological polar surface area (TPSA) is 110 Å². The number of aliphatic hydroxyl groups is 1. The van der Waals surface area contributed by atoms with Crippen molar-refractivity contribution in [1.29, 1.82) is 0 Å². The quantitative estimate of drug-likeness (QED) is 0.616. The number of nitrogens with zero attached hydrogens (tertiary/aromatic N) is 2. The number of carbonyl (C=O) groups excluding carboxylic acids is 1. The van der Waals surface area contributed by atoms with E-state index in [9.17, 15) is 20.0 Å². The molecule has 0 aliphatic carbocycles. The Hall–Kier alpha value is -2.15. The molecule has 1 saturated heterocycles. The highest BCUT2D eigenvalue weighted by molar-refractivity contribution is 5.94. The molecule has 1 aliphatic rings. The van der Waals surface area contributed by atoms with Gasteiger partial charge in [0.15, 0.2) is 0 Å². The number of nitrogens with two attached hydrogens (primary N) is 1. The van der Waals surface area contributed by atoms with Crippen molar-refractivity contribution in [2.75, 3.05) is 18.0 Å². The lowest BCUT2D eigenvalue weighted by molar-refractivity contribution is -0.384. The van der Waals surface area contributed by atoms with Crippen molar-refractivity contribution in [2.24, 2.45) is 5.73 Å². The Morgan fingerprint density at radius 3 is 2.58 bits per heavy atom. The Labute approximate surface area is 109 Å². The van der Waals surface area contributed by atoms with Gasteiger partial charge in [0.25, 0.3) is 5.69 Å². The van der Waals surface area contributed by atoms with Crippen LogP contribution in [0.15, 0.2) is 18.2 Å². The van der Waals surface area contributed by atoms with E-state index in [1.807, 2.05) is 0 Å². The SMILES string of the molecule is NC(=O)c1ccc([N+](=O)[O-])c(N2CCC(O)CC2)c1. The average Bonchev–Trinajstić information content (AvgIpc) is 2.38. The molecule has 0 spiro atoms. The summed E-state index contributed by atoms with van der Waals surface area (Å²) < 4.78 is 0. The van der Waals surface area contributed by atoms with Gasteiger partial charge in [-0.25, -0.2) is 0 Å². The molecule has 7 nitrogen and oxygen atoms in total. The second kappa shape index (κ2) is 5.23. The number of anilines is 1. The molecule has 3 N–H and O–H groups in total. The minimum Gasteiger partial charge on any atom is -0.393 e. The Kier molecular flexibility index (Phi) is 3.66. The van der Waals surface area contributed by atoms with Gasteiger partial charge in [0.05, 0.1) is 11.0 Å². The zero-order valence-electron chi connectivity index (χ0n) is 10.3. The zero-order chi connectivity index (χ0) is 14.0. The van der Waals surface area contributed by atoms with Crippen LogP contribution in [-0.2, 0) is 0 Å². The Bertz CT molecular complexity index is 510. The van der Waals surface area contributed by atoms with Gasteiger partial charge in [0.1, 0.15) is 5.69 Å². The second-order valence-corrected chi connectivity index (χ2v) is 4.54. The van der Waals surface area contributed by atoms with E-state index < -0.39 is 10.8 Å². The van der Waals surface area contributed by atoms with Crippen LogP contribution in [-0.4, -0.2) is 35.1 Å². The molecular formula is C12H15N3O4. The van der Waals surface area contributed by atoms with Gasteiger partial charge in [-0.1, -0.05) is 0 Å². The highest BCUT2D eigenvalue weighted by Gasteiger charge is 2.24. The highest BCUT2D eigenvalue weighted by atomic mass is 16.6. The molecule has 1 heterocycles. The molecule has 0 unspecified atom stereocenters. The van der Waals surface area contributed by atoms with Crippen molar-refractivity contribution in [3.8, 4) is 0 Å². The van der Waals surface area contributed by atoms with E-state index in [0.29, 0.717) is 31.6 Å². The molecule has 1 aromatic carbocycles. The van der Waals surface area contributed by atoms with E-state index in [0.717, 1.165) is 0 Å². The molecule has 1 amide bonds. The van der Waals surface area contributed by atoms with Gasteiger partial charge in [0.2, 0.25) is 5.91 Å². The number of rotatable bonds is 3. The summed E-state index contributed by atoms with van der Waals surface area (Å²) in [7, 11) is 0. The lowest BCUT2D eigenvalue weighted by Gasteiger charge is -2.31. The van der Waals surface area contributed by atoms with Gasteiger partial charge in [-0.15, -0.1) is 0 Å². The molecule has 102 valence electrons. The third kappa shape index (κ3) is 2.82. The first-order valence-corrected chi connectivity index (χ1v) is 6.00. The lowest BCUT2D eigenvalue weighted by atomic mass is 10.1. The number of nitro benzene ring substituents is 1. The zero-order valence-corrected chi connectivity index (χ0v) is 10.3. The number of hydrogen-bond donors (Lipinski definition) is 2. The molecule has 1 fully saturated rings. The normalized spacial score (nSPS) is 16.4. The highest BCUT2D eigenvalue weighted by Crippen LogP contribution is 2.31. The molecular weight excluding hydrogens is 250 g/mol. The molecule has 1 aliphatic heterocycles. The molecule has 0 atom stereocenters. The van der Waals surface area contributed by atoms with Crippen LogP contribution in [0.5, 0.6) is 0 Å². The van der Waals surface area contributed by atoms with Gasteiger partial charge >= 0.3 is 0 Å². The summed E-state index contributed by atoms with van der Waals surface area (Å²) in [6.07, 6.45) is 0.741. The summed E-state index contributed by atoms with van der Waals surface area (Å²) in [5, 5.41) is 20.5. The first kappa shape index (κ1) is 13.3. The summed E-state index contributed by atoms with van der Waals surface area (Å²) in [6.45, 7) is 1.04. The summed E-state index contributed by atoms with van der Waals surface area (Å²) in [5.41, 5.74) is 5.76. The average molecular weight is 265 g/mol. The van der Waals surface area contributed by atoms with Crippen LogP contribution in [0.4, 0.5) is 11.4 Å². The Balaban J connectivity index is 2.37. The summed E-state index contributed by atoms with van der Waals surface area (Å²) in [5.74, 6) is -0.617. The van der Waals surface area contributed by atoms with Crippen LogP contribution in [0, 0.1) is 10.1 Å². The molecule has 19 heavy (non-hydrogen) atoms. The van der Waals surface area contributed by atoms with Gasteiger partial charge in [-0.2, -0.15) is 0 Å². The summed E-state index contributed by atoms with van der Waals surface area (Å²) >= 11 is 0. The van der Waals surface area contributed by atoms with Gasteiger partial charge in [-0.05, 0) is 25.0 Å². The van der Waals surface area contributed by atoms with Crippen LogP contribution >= 0.6 is 0 Å². The number of amides is 1. The standard InChI is InChI=1S/C12H15N3O4/c13-12(17)8-1-2-10(15(18)19)11(7-8)14-5-3-9(16)4-6-14/h1-2,7,9,16H,3-6H2,(H2,13,17). The minimum absolute atomic E-state index is 0.0543. The predicted molar refractivity (Wildman–Crippen MR) is 69.1 cm³/mol. The van der Waals surface area contributed by atoms with E-state index in [4.69, 9.17) is 5.73 Å². The smallest absolute Gasteiger partial charge is 0.292 e. The van der Waals surface area contributed by atoms with E-state index in [1.165, 1.54) is 18.2 Å². The Morgan fingerprint density at radius 2 is 2.05 bits per heavy atom. The third-order valence-corrected chi connectivity index (χ3v) is 3.26. The fraction of sp³-hybridized carbons (Fsp3) is 0.417. The number of hydrogen-bond acceptors (Lipinski definition) is 5. The van der Waals surface area contributed by atoms with Gasteiger partial charge in [-0.3, -0.25) is 14.9 Å². The molecule has 2 rings (SSSR count). The van der Waals surface area contributed by atoms with Crippen LogP contribution in [0.3, 0.4) is 0 Å². The monoisotopic (exact) mass is 265 g/mol. The first-order valence-electron chi connectivity index (χ1n) is 6.00. The van der Waals surface area contributed by atoms with Crippen LogP contribution < -0.4 is 10.6 Å². The fourth-order valence-electron chi connectivity index (χ4n) is 2.19. The van der Waals surface area contributed by atoms with E-state index in [2.05, 4.69) is 0 Å². The third-order valence-electron chi connectivity index (χ3n) is 3.26. The van der Waals surface area contributed by atoms with Crippen molar-refractivity contribution in [3.63, 3.8) is 0 Å². The molecule has 0 saturated carbocycles. The second-order valence-electron chi connectivity index (χ2n) is 4.54. The van der Waals surface area contributed by atoms with Crippen molar-refractivity contribution in [1.82, 2.24) is 0 Å². The van der Waals surface area contributed by atoms with E-state index in [1.54, 1.807) is 4.90 Å². The predicted octanol–water partition coefficient (Wildman–Crippen LogP) is 0.655. The maximum Gasteiger partial charge on any atom is 0.292 e. The van der Waals surface area contributed by atoms with Crippen molar-refractivity contribution >= 4 is 17.3 Å². The van der Waals surface area contributed by atoms with Crippen LogP contribution in [0.25, 0.3) is 0 Å². The molecule has 1 aromatic rings. The number of primary amides is 1. The molecule has 0 bridgehead atoms. The summed E-state index contributed by atoms with van der Waals surface area (Å²) in [6, 6.07) is 4.08. The number of piperidine rings is 1. The fourth-order valence-corrected chi connectivity index (χ4v) is 2.19. The van der Waals surface area contributed by atoms with Gasteiger partial charge in [0, 0.05) is 24.7 Å². The number of benzene rings is 1. The number of aliphatic hydroxyl groups excluding tert-OH is 1. The lowest BCUT2D eigenvalue weighted by Crippen LogP contribution is -2.36. The molecule has 7 heteroatoms. The maximum absolute atomic E-state index is 11.2.